The lowest BCUT2D eigenvalue weighted by molar-refractivity contribution is 0.0578. The molecule has 1 saturated carbocycles. The fourth-order valence-electron chi connectivity index (χ4n) is 2.78. The van der Waals surface area contributed by atoms with Crippen molar-refractivity contribution < 1.29 is 9.32 Å². The molecule has 0 spiro atoms. The molecule has 2 atom stereocenters. The Kier molecular flexibility index (Phi) is 4.01. The van der Waals surface area contributed by atoms with Crippen molar-refractivity contribution in [1.82, 2.24) is 10.1 Å². The van der Waals surface area contributed by atoms with Crippen LogP contribution in [0.3, 0.4) is 0 Å². The molecule has 0 aliphatic heterocycles. The van der Waals surface area contributed by atoms with Crippen molar-refractivity contribution in [2.75, 3.05) is 13.6 Å². The first-order valence-electron chi connectivity index (χ1n) is 6.53. The standard InChI is InChI=1S/C13H21N3O2/c1-9-8-15-18-12(9)13(17)16(2)11-6-4-3-5-10(11)7-14/h8,10-11H,3-7,14H2,1-2H3. The zero-order chi connectivity index (χ0) is 13.1. The van der Waals surface area contributed by atoms with Gasteiger partial charge in [0.25, 0.3) is 5.91 Å². The van der Waals surface area contributed by atoms with Gasteiger partial charge >= 0.3 is 0 Å². The molecule has 2 N–H and O–H groups in total. The molecule has 1 fully saturated rings. The molecular formula is C13H21N3O2. The van der Waals surface area contributed by atoms with E-state index in [0.717, 1.165) is 24.8 Å². The minimum absolute atomic E-state index is 0.0876. The lowest BCUT2D eigenvalue weighted by Crippen LogP contribution is -2.46. The highest BCUT2D eigenvalue weighted by atomic mass is 16.5. The summed E-state index contributed by atoms with van der Waals surface area (Å²) in [6.45, 7) is 2.47. The fourth-order valence-corrected chi connectivity index (χ4v) is 2.78. The number of amides is 1. The fraction of sp³-hybridized carbons (Fsp3) is 0.692. The third kappa shape index (κ3) is 2.41. The summed E-state index contributed by atoms with van der Waals surface area (Å²) in [5, 5.41) is 3.66. The van der Waals surface area contributed by atoms with Crippen LogP contribution in [0.1, 0.15) is 41.8 Å². The number of nitrogens with two attached hydrogens (primary N) is 1. The first kappa shape index (κ1) is 13.1. The maximum atomic E-state index is 12.3. The normalized spacial score (nSPS) is 23.9. The number of carbonyl (C=O) groups excluding carboxylic acids is 1. The molecule has 1 amide bonds. The number of hydrogen-bond acceptors (Lipinski definition) is 4. The Balaban J connectivity index is 2.12. The molecule has 1 aliphatic carbocycles. The van der Waals surface area contributed by atoms with Crippen LogP contribution in [0, 0.1) is 12.8 Å². The zero-order valence-corrected chi connectivity index (χ0v) is 11.1. The second-order valence-corrected chi connectivity index (χ2v) is 5.10. The van der Waals surface area contributed by atoms with E-state index in [1.807, 2.05) is 14.0 Å². The highest BCUT2D eigenvalue weighted by Crippen LogP contribution is 2.28. The summed E-state index contributed by atoms with van der Waals surface area (Å²) >= 11 is 0. The predicted molar refractivity (Wildman–Crippen MR) is 68.1 cm³/mol. The molecule has 1 aliphatic rings. The van der Waals surface area contributed by atoms with E-state index >= 15 is 0 Å². The molecule has 100 valence electrons. The van der Waals surface area contributed by atoms with Gasteiger partial charge in [-0.2, -0.15) is 0 Å². The van der Waals surface area contributed by atoms with Gasteiger partial charge in [-0.05, 0) is 32.2 Å². The molecule has 0 radical (unpaired) electrons. The molecule has 1 aromatic rings. The highest BCUT2D eigenvalue weighted by molar-refractivity contribution is 5.92. The molecule has 0 aromatic carbocycles. The SMILES string of the molecule is Cc1cnoc1C(=O)N(C)C1CCCCC1CN. The summed E-state index contributed by atoms with van der Waals surface area (Å²) < 4.78 is 5.03. The number of carbonyl (C=O) groups is 1. The third-order valence-corrected chi connectivity index (χ3v) is 3.93. The topological polar surface area (TPSA) is 72.4 Å². The Morgan fingerprint density at radius 1 is 1.56 bits per heavy atom. The van der Waals surface area contributed by atoms with Crippen molar-refractivity contribution in [1.29, 1.82) is 0 Å². The Morgan fingerprint density at radius 3 is 2.89 bits per heavy atom. The van der Waals surface area contributed by atoms with Gasteiger partial charge in [0.15, 0.2) is 0 Å². The van der Waals surface area contributed by atoms with Crippen molar-refractivity contribution in [2.24, 2.45) is 11.7 Å². The Hall–Kier alpha value is -1.36. The molecule has 18 heavy (non-hydrogen) atoms. The van der Waals surface area contributed by atoms with Gasteiger partial charge in [-0.15, -0.1) is 0 Å². The smallest absolute Gasteiger partial charge is 0.292 e. The number of rotatable bonds is 3. The maximum absolute atomic E-state index is 12.3. The maximum Gasteiger partial charge on any atom is 0.292 e. The van der Waals surface area contributed by atoms with Crippen molar-refractivity contribution in [2.45, 2.75) is 38.6 Å². The number of aryl methyl sites for hydroxylation is 1. The van der Waals surface area contributed by atoms with Crippen LogP contribution in [0.5, 0.6) is 0 Å². The molecular weight excluding hydrogens is 230 g/mol. The van der Waals surface area contributed by atoms with Gasteiger partial charge in [-0.25, -0.2) is 0 Å². The minimum Gasteiger partial charge on any atom is -0.351 e. The van der Waals surface area contributed by atoms with E-state index in [0.29, 0.717) is 18.2 Å². The van der Waals surface area contributed by atoms with E-state index in [1.54, 1.807) is 11.1 Å². The number of nitrogens with zero attached hydrogens (tertiary/aromatic N) is 2. The zero-order valence-electron chi connectivity index (χ0n) is 11.1. The van der Waals surface area contributed by atoms with Crippen LogP contribution in [-0.4, -0.2) is 35.6 Å². The molecule has 5 nitrogen and oxygen atoms in total. The molecule has 2 rings (SSSR count). The molecule has 0 saturated heterocycles. The van der Waals surface area contributed by atoms with Gasteiger partial charge in [0, 0.05) is 18.7 Å². The Labute approximate surface area is 107 Å². The van der Waals surface area contributed by atoms with E-state index in [4.69, 9.17) is 10.3 Å². The van der Waals surface area contributed by atoms with E-state index in [1.165, 1.54) is 6.42 Å². The van der Waals surface area contributed by atoms with Crippen LogP contribution >= 0.6 is 0 Å². The first-order chi connectivity index (χ1) is 8.65. The van der Waals surface area contributed by atoms with Crippen LogP contribution in [0.15, 0.2) is 10.7 Å². The van der Waals surface area contributed by atoms with Crippen LogP contribution in [-0.2, 0) is 0 Å². The molecule has 0 bridgehead atoms. The monoisotopic (exact) mass is 251 g/mol. The van der Waals surface area contributed by atoms with Crippen LogP contribution in [0.25, 0.3) is 0 Å². The van der Waals surface area contributed by atoms with Gasteiger partial charge in [0.05, 0.1) is 6.20 Å². The quantitative estimate of drug-likeness (QED) is 0.885. The summed E-state index contributed by atoms with van der Waals surface area (Å²) in [6, 6.07) is 0.223. The summed E-state index contributed by atoms with van der Waals surface area (Å²) in [5.74, 6) is 0.658. The first-order valence-corrected chi connectivity index (χ1v) is 6.53. The Morgan fingerprint density at radius 2 is 2.28 bits per heavy atom. The molecule has 5 heteroatoms. The summed E-state index contributed by atoms with van der Waals surface area (Å²) in [7, 11) is 1.84. The largest absolute Gasteiger partial charge is 0.351 e. The van der Waals surface area contributed by atoms with Crippen LogP contribution in [0.2, 0.25) is 0 Å². The summed E-state index contributed by atoms with van der Waals surface area (Å²) in [5.41, 5.74) is 6.59. The van der Waals surface area contributed by atoms with Crippen LogP contribution in [0.4, 0.5) is 0 Å². The van der Waals surface area contributed by atoms with Gasteiger partial charge < -0.3 is 15.2 Å². The lowest BCUT2D eigenvalue weighted by Gasteiger charge is -2.37. The summed E-state index contributed by atoms with van der Waals surface area (Å²) in [4.78, 5) is 14.1. The van der Waals surface area contributed by atoms with Crippen molar-refractivity contribution in [3.05, 3.63) is 17.5 Å². The summed E-state index contributed by atoms with van der Waals surface area (Å²) in [6.07, 6.45) is 6.07. The van der Waals surface area contributed by atoms with E-state index in [-0.39, 0.29) is 11.9 Å². The molecule has 1 heterocycles. The van der Waals surface area contributed by atoms with Crippen LogP contribution < -0.4 is 5.73 Å². The highest BCUT2D eigenvalue weighted by Gasteiger charge is 2.32. The lowest BCUT2D eigenvalue weighted by atomic mass is 9.83. The van der Waals surface area contributed by atoms with Gasteiger partial charge in [0.2, 0.25) is 5.76 Å². The van der Waals surface area contributed by atoms with Crippen molar-refractivity contribution in [3.8, 4) is 0 Å². The third-order valence-electron chi connectivity index (χ3n) is 3.93. The second kappa shape index (κ2) is 5.52. The Bertz CT molecular complexity index is 416. The second-order valence-electron chi connectivity index (χ2n) is 5.10. The molecule has 1 aromatic heterocycles. The average Bonchev–Trinajstić information content (AvgIpc) is 2.83. The van der Waals surface area contributed by atoms with Gasteiger partial charge in [-0.3, -0.25) is 4.79 Å². The van der Waals surface area contributed by atoms with E-state index in [9.17, 15) is 4.79 Å². The van der Waals surface area contributed by atoms with E-state index in [2.05, 4.69) is 5.16 Å². The van der Waals surface area contributed by atoms with Gasteiger partial charge in [0.1, 0.15) is 0 Å². The van der Waals surface area contributed by atoms with E-state index < -0.39 is 0 Å². The predicted octanol–water partition coefficient (Wildman–Crippen LogP) is 1.57. The van der Waals surface area contributed by atoms with Crippen molar-refractivity contribution in [3.63, 3.8) is 0 Å². The van der Waals surface area contributed by atoms with Gasteiger partial charge in [-0.1, -0.05) is 18.0 Å². The average molecular weight is 251 g/mol. The number of aromatic nitrogens is 1. The molecule has 2 unspecified atom stereocenters. The van der Waals surface area contributed by atoms with Crippen molar-refractivity contribution >= 4 is 5.91 Å². The minimum atomic E-state index is -0.0876. The number of hydrogen-bond donors (Lipinski definition) is 1.